The third kappa shape index (κ3) is 2.12. The second kappa shape index (κ2) is 4.35. The van der Waals surface area contributed by atoms with Gasteiger partial charge in [0.05, 0.1) is 6.04 Å². The van der Waals surface area contributed by atoms with Gasteiger partial charge in [0.2, 0.25) is 0 Å². The lowest BCUT2D eigenvalue weighted by molar-refractivity contribution is 0.305. The number of hydrogen-bond acceptors (Lipinski definition) is 3. The van der Waals surface area contributed by atoms with E-state index in [1.807, 2.05) is 12.1 Å². The van der Waals surface area contributed by atoms with Gasteiger partial charge >= 0.3 is 0 Å². The normalized spacial score (nSPS) is 14.4. The van der Waals surface area contributed by atoms with Crippen molar-refractivity contribution in [1.29, 1.82) is 0 Å². The molecule has 0 bridgehead atoms. The van der Waals surface area contributed by atoms with Crippen LogP contribution in [0.3, 0.4) is 0 Å². The van der Waals surface area contributed by atoms with E-state index in [0.717, 1.165) is 17.0 Å². The minimum absolute atomic E-state index is 0.0198. The molecule has 0 radical (unpaired) electrons. The molecule has 18 heavy (non-hydrogen) atoms. The smallest absolute Gasteiger partial charge is 0.160 e. The molecule has 1 unspecified atom stereocenters. The van der Waals surface area contributed by atoms with E-state index in [4.69, 9.17) is 5.73 Å². The molecule has 0 aromatic carbocycles. The van der Waals surface area contributed by atoms with E-state index in [9.17, 15) is 0 Å². The van der Waals surface area contributed by atoms with Crippen molar-refractivity contribution in [1.82, 2.24) is 14.5 Å². The summed E-state index contributed by atoms with van der Waals surface area (Å²) in [6.45, 7) is 10.7. The Kier molecular flexibility index (Phi) is 3.15. The van der Waals surface area contributed by atoms with Crippen LogP contribution in [-0.4, -0.2) is 14.5 Å². The molecule has 2 N–H and O–H groups in total. The third-order valence-electron chi connectivity index (χ3n) is 3.20. The zero-order chi connectivity index (χ0) is 13.5. The lowest BCUT2D eigenvalue weighted by Crippen LogP contribution is -2.29. The van der Waals surface area contributed by atoms with Crippen molar-refractivity contribution in [3.05, 3.63) is 24.2 Å². The van der Waals surface area contributed by atoms with Crippen LogP contribution >= 0.6 is 0 Å². The zero-order valence-electron chi connectivity index (χ0n) is 11.8. The first-order valence-electron chi connectivity index (χ1n) is 6.41. The van der Waals surface area contributed by atoms with Crippen molar-refractivity contribution in [3.8, 4) is 0 Å². The molecule has 0 amide bonds. The van der Waals surface area contributed by atoms with Gasteiger partial charge in [-0.05, 0) is 31.4 Å². The fourth-order valence-corrected chi connectivity index (χ4v) is 2.06. The van der Waals surface area contributed by atoms with E-state index in [2.05, 4.69) is 49.2 Å². The van der Waals surface area contributed by atoms with Gasteiger partial charge in [0.25, 0.3) is 0 Å². The molecular formula is C14H22N4. The third-order valence-corrected chi connectivity index (χ3v) is 3.20. The molecule has 2 aromatic heterocycles. The van der Waals surface area contributed by atoms with Crippen LogP contribution in [0.5, 0.6) is 0 Å². The van der Waals surface area contributed by atoms with Crippen molar-refractivity contribution >= 4 is 11.2 Å². The lowest BCUT2D eigenvalue weighted by Gasteiger charge is -2.28. The quantitative estimate of drug-likeness (QED) is 0.886. The van der Waals surface area contributed by atoms with E-state index >= 15 is 0 Å². The Morgan fingerprint density at radius 2 is 1.94 bits per heavy atom. The Morgan fingerprint density at radius 1 is 1.28 bits per heavy atom. The summed E-state index contributed by atoms with van der Waals surface area (Å²) < 4.78 is 2.14. The molecule has 2 rings (SSSR count). The van der Waals surface area contributed by atoms with Crippen molar-refractivity contribution in [2.45, 2.75) is 46.7 Å². The van der Waals surface area contributed by atoms with Crippen LogP contribution in [0.2, 0.25) is 0 Å². The number of aromatic nitrogens is 3. The lowest BCUT2D eigenvalue weighted by atomic mass is 9.87. The Morgan fingerprint density at radius 3 is 2.50 bits per heavy atom. The molecule has 0 saturated heterocycles. The highest BCUT2D eigenvalue weighted by molar-refractivity contribution is 5.71. The molecule has 1 atom stereocenters. The van der Waals surface area contributed by atoms with Crippen molar-refractivity contribution in [2.75, 3.05) is 0 Å². The summed E-state index contributed by atoms with van der Waals surface area (Å²) in [4.78, 5) is 9.11. The predicted octanol–water partition coefficient (Wildman–Crippen LogP) is 3.06. The van der Waals surface area contributed by atoms with E-state index < -0.39 is 0 Å². The van der Waals surface area contributed by atoms with Crippen LogP contribution in [0, 0.1) is 5.41 Å². The van der Waals surface area contributed by atoms with E-state index in [1.165, 1.54) is 0 Å². The fraction of sp³-hybridized carbons (Fsp3) is 0.571. The Bertz CT molecular complexity index is 548. The molecule has 0 aliphatic rings. The number of fused-ring (bicyclic) bond motifs is 1. The van der Waals surface area contributed by atoms with Gasteiger partial charge < -0.3 is 10.3 Å². The first kappa shape index (κ1) is 13.0. The SMILES string of the molecule is CC(C)n1c(C(N)C(C)(C)C)nc2cccnc21. The van der Waals surface area contributed by atoms with Gasteiger partial charge in [-0.2, -0.15) is 0 Å². The maximum absolute atomic E-state index is 6.36. The van der Waals surface area contributed by atoms with E-state index in [-0.39, 0.29) is 11.5 Å². The second-order valence-electron chi connectivity index (χ2n) is 6.12. The highest BCUT2D eigenvalue weighted by Crippen LogP contribution is 2.32. The molecule has 4 nitrogen and oxygen atoms in total. The summed E-state index contributed by atoms with van der Waals surface area (Å²) in [5.74, 6) is 0.922. The molecule has 98 valence electrons. The minimum Gasteiger partial charge on any atom is -0.321 e. The van der Waals surface area contributed by atoms with Crippen LogP contribution in [0.25, 0.3) is 11.2 Å². The number of nitrogens with zero attached hydrogens (tertiary/aromatic N) is 3. The molecule has 2 aromatic rings. The number of nitrogens with two attached hydrogens (primary N) is 1. The molecule has 0 aliphatic carbocycles. The average Bonchev–Trinajstić information content (AvgIpc) is 2.65. The number of pyridine rings is 1. The first-order valence-corrected chi connectivity index (χ1v) is 6.41. The molecule has 0 aliphatic heterocycles. The van der Waals surface area contributed by atoms with Crippen LogP contribution < -0.4 is 5.73 Å². The summed E-state index contributed by atoms with van der Waals surface area (Å²) in [6.07, 6.45) is 1.80. The molecule has 0 spiro atoms. The molecule has 0 saturated carbocycles. The van der Waals surface area contributed by atoms with Gasteiger partial charge in [-0.1, -0.05) is 20.8 Å². The van der Waals surface area contributed by atoms with Gasteiger partial charge in [0, 0.05) is 12.2 Å². The predicted molar refractivity (Wildman–Crippen MR) is 74.3 cm³/mol. The molecule has 2 heterocycles. The maximum Gasteiger partial charge on any atom is 0.160 e. The topological polar surface area (TPSA) is 56.7 Å². The van der Waals surface area contributed by atoms with Crippen molar-refractivity contribution in [3.63, 3.8) is 0 Å². The van der Waals surface area contributed by atoms with Crippen LogP contribution in [0.1, 0.15) is 52.5 Å². The molecular weight excluding hydrogens is 224 g/mol. The standard InChI is InChI=1S/C14H22N4/c1-9(2)18-12-10(7-6-8-16-12)17-13(18)11(15)14(3,4)5/h6-9,11H,15H2,1-5H3. The summed E-state index contributed by atoms with van der Waals surface area (Å²) in [7, 11) is 0. The summed E-state index contributed by atoms with van der Waals surface area (Å²) in [5, 5.41) is 0. The molecule has 0 fully saturated rings. The van der Waals surface area contributed by atoms with E-state index in [0.29, 0.717) is 6.04 Å². The largest absolute Gasteiger partial charge is 0.321 e. The second-order valence-corrected chi connectivity index (χ2v) is 6.12. The summed E-state index contributed by atoms with van der Waals surface area (Å²) >= 11 is 0. The summed E-state index contributed by atoms with van der Waals surface area (Å²) in [6, 6.07) is 4.09. The Labute approximate surface area is 108 Å². The van der Waals surface area contributed by atoms with Crippen LogP contribution in [0.4, 0.5) is 0 Å². The van der Waals surface area contributed by atoms with Gasteiger partial charge in [-0.25, -0.2) is 9.97 Å². The van der Waals surface area contributed by atoms with Crippen molar-refractivity contribution < 1.29 is 0 Å². The Hall–Kier alpha value is -1.42. The Balaban J connectivity index is 2.67. The average molecular weight is 246 g/mol. The minimum atomic E-state index is -0.103. The summed E-state index contributed by atoms with van der Waals surface area (Å²) in [5.41, 5.74) is 8.18. The molecule has 4 heteroatoms. The number of imidazole rings is 1. The number of hydrogen-bond donors (Lipinski definition) is 1. The van der Waals surface area contributed by atoms with Gasteiger partial charge in [-0.15, -0.1) is 0 Å². The zero-order valence-corrected chi connectivity index (χ0v) is 11.8. The fourth-order valence-electron chi connectivity index (χ4n) is 2.06. The van der Waals surface area contributed by atoms with Crippen molar-refractivity contribution in [2.24, 2.45) is 11.1 Å². The van der Waals surface area contributed by atoms with Gasteiger partial charge in [0.1, 0.15) is 11.3 Å². The highest BCUT2D eigenvalue weighted by atomic mass is 15.2. The van der Waals surface area contributed by atoms with Gasteiger partial charge in [-0.3, -0.25) is 0 Å². The van der Waals surface area contributed by atoms with Gasteiger partial charge in [0.15, 0.2) is 5.65 Å². The van der Waals surface area contributed by atoms with Crippen LogP contribution in [-0.2, 0) is 0 Å². The number of rotatable bonds is 2. The highest BCUT2D eigenvalue weighted by Gasteiger charge is 2.28. The van der Waals surface area contributed by atoms with E-state index in [1.54, 1.807) is 6.20 Å². The maximum atomic E-state index is 6.36. The monoisotopic (exact) mass is 246 g/mol. The first-order chi connectivity index (χ1) is 8.32. The van der Waals surface area contributed by atoms with Crippen LogP contribution in [0.15, 0.2) is 18.3 Å².